The van der Waals surface area contributed by atoms with Crippen LogP contribution in [-0.2, 0) is 11.3 Å². The standard InChI is InChI=1S/C13H19N3O/c1-10-4-2-7-15-12(10)9-16-13(17)11-5-3-6-14-8-11/h2,4,7,11,14H,3,5-6,8-9H2,1H3,(H,16,17)/t11-/m1/s1. The second-order valence-corrected chi connectivity index (χ2v) is 4.53. The minimum Gasteiger partial charge on any atom is -0.350 e. The third kappa shape index (κ3) is 3.27. The van der Waals surface area contributed by atoms with E-state index in [2.05, 4.69) is 15.6 Å². The van der Waals surface area contributed by atoms with Crippen molar-refractivity contribution in [2.75, 3.05) is 13.1 Å². The number of nitrogens with zero attached hydrogens (tertiary/aromatic N) is 1. The van der Waals surface area contributed by atoms with Crippen LogP contribution in [0.3, 0.4) is 0 Å². The summed E-state index contributed by atoms with van der Waals surface area (Å²) in [5.74, 6) is 0.259. The third-order valence-corrected chi connectivity index (χ3v) is 3.22. The number of carbonyl (C=O) groups excluding carboxylic acids is 1. The molecule has 2 rings (SSSR count). The van der Waals surface area contributed by atoms with Crippen LogP contribution in [0.2, 0.25) is 0 Å². The zero-order valence-corrected chi connectivity index (χ0v) is 10.2. The Kier molecular flexibility index (Phi) is 4.09. The first kappa shape index (κ1) is 12.0. The average molecular weight is 233 g/mol. The largest absolute Gasteiger partial charge is 0.350 e. The highest BCUT2D eigenvalue weighted by molar-refractivity contribution is 5.78. The van der Waals surface area contributed by atoms with Crippen LogP contribution in [0, 0.1) is 12.8 Å². The van der Waals surface area contributed by atoms with E-state index in [1.807, 2.05) is 19.1 Å². The van der Waals surface area contributed by atoms with Crippen LogP contribution in [0.4, 0.5) is 0 Å². The molecule has 0 radical (unpaired) electrons. The highest BCUT2D eigenvalue weighted by Crippen LogP contribution is 2.10. The van der Waals surface area contributed by atoms with Gasteiger partial charge in [0, 0.05) is 12.7 Å². The molecule has 1 fully saturated rings. The molecule has 1 saturated heterocycles. The molecule has 0 aromatic carbocycles. The summed E-state index contributed by atoms with van der Waals surface area (Å²) < 4.78 is 0. The van der Waals surface area contributed by atoms with E-state index in [1.165, 1.54) is 0 Å². The number of pyridine rings is 1. The van der Waals surface area contributed by atoms with Crippen molar-refractivity contribution in [2.24, 2.45) is 5.92 Å². The predicted octanol–water partition coefficient (Wildman–Crippen LogP) is 1.01. The van der Waals surface area contributed by atoms with Crippen LogP contribution in [0.15, 0.2) is 18.3 Å². The molecule has 0 unspecified atom stereocenters. The van der Waals surface area contributed by atoms with Crippen LogP contribution in [0.25, 0.3) is 0 Å². The third-order valence-electron chi connectivity index (χ3n) is 3.22. The number of nitrogens with one attached hydrogen (secondary N) is 2. The maximum Gasteiger partial charge on any atom is 0.224 e. The fraction of sp³-hybridized carbons (Fsp3) is 0.538. The van der Waals surface area contributed by atoms with E-state index in [1.54, 1.807) is 6.20 Å². The Hall–Kier alpha value is -1.42. The lowest BCUT2D eigenvalue weighted by molar-refractivity contribution is -0.125. The molecule has 2 heterocycles. The van der Waals surface area contributed by atoms with Gasteiger partial charge in [-0.1, -0.05) is 6.07 Å². The molecule has 0 spiro atoms. The molecule has 4 heteroatoms. The summed E-state index contributed by atoms with van der Waals surface area (Å²) in [5.41, 5.74) is 2.07. The van der Waals surface area contributed by atoms with Crippen molar-refractivity contribution in [1.82, 2.24) is 15.6 Å². The number of rotatable bonds is 3. The van der Waals surface area contributed by atoms with Gasteiger partial charge in [-0.3, -0.25) is 9.78 Å². The van der Waals surface area contributed by atoms with Crippen LogP contribution in [-0.4, -0.2) is 24.0 Å². The quantitative estimate of drug-likeness (QED) is 0.819. The number of piperidine rings is 1. The van der Waals surface area contributed by atoms with Crippen LogP contribution < -0.4 is 10.6 Å². The Morgan fingerprint density at radius 3 is 3.24 bits per heavy atom. The molecule has 1 aliphatic rings. The number of aromatic nitrogens is 1. The fourth-order valence-corrected chi connectivity index (χ4v) is 2.09. The molecule has 0 bridgehead atoms. The van der Waals surface area contributed by atoms with Crippen molar-refractivity contribution in [1.29, 1.82) is 0 Å². The molecule has 4 nitrogen and oxygen atoms in total. The van der Waals surface area contributed by atoms with Gasteiger partial charge in [0.05, 0.1) is 18.2 Å². The maximum absolute atomic E-state index is 11.9. The second-order valence-electron chi connectivity index (χ2n) is 4.53. The summed E-state index contributed by atoms with van der Waals surface area (Å²) >= 11 is 0. The topological polar surface area (TPSA) is 54.0 Å². The van der Waals surface area contributed by atoms with Crippen molar-refractivity contribution in [3.63, 3.8) is 0 Å². The highest BCUT2D eigenvalue weighted by atomic mass is 16.1. The first-order valence-electron chi connectivity index (χ1n) is 6.16. The fourth-order valence-electron chi connectivity index (χ4n) is 2.09. The van der Waals surface area contributed by atoms with Gasteiger partial charge in [0.1, 0.15) is 0 Å². The molecule has 1 atom stereocenters. The molecule has 92 valence electrons. The van der Waals surface area contributed by atoms with Crippen LogP contribution in [0.5, 0.6) is 0 Å². The van der Waals surface area contributed by atoms with Gasteiger partial charge < -0.3 is 10.6 Å². The highest BCUT2D eigenvalue weighted by Gasteiger charge is 2.20. The number of hydrogen-bond donors (Lipinski definition) is 2. The lowest BCUT2D eigenvalue weighted by Crippen LogP contribution is -2.40. The first-order chi connectivity index (χ1) is 8.27. The lowest BCUT2D eigenvalue weighted by Gasteiger charge is -2.21. The average Bonchev–Trinajstić information content (AvgIpc) is 2.38. The monoisotopic (exact) mass is 233 g/mol. The van der Waals surface area contributed by atoms with Crippen molar-refractivity contribution in [3.8, 4) is 0 Å². The Morgan fingerprint density at radius 2 is 2.53 bits per heavy atom. The minimum absolute atomic E-state index is 0.118. The van der Waals surface area contributed by atoms with Gasteiger partial charge in [-0.15, -0.1) is 0 Å². The van der Waals surface area contributed by atoms with Crippen molar-refractivity contribution in [2.45, 2.75) is 26.3 Å². The van der Waals surface area contributed by atoms with Gasteiger partial charge in [-0.05, 0) is 37.9 Å². The normalized spacial score (nSPS) is 19.9. The summed E-state index contributed by atoms with van der Waals surface area (Å²) in [4.78, 5) is 16.2. The van der Waals surface area contributed by atoms with E-state index in [-0.39, 0.29) is 11.8 Å². The number of carbonyl (C=O) groups is 1. The Labute approximate surface area is 102 Å². The van der Waals surface area contributed by atoms with E-state index in [0.717, 1.165) is 37.2 Å². The van der Waals surface area contributed by atoms with Gasteiger partial charge in [0.25, 0.3) is 0 Å². The molecule has 0 aliphatic carbocycles. The molecule has 0 saturated carbocycles. The Balaban J connectivity index is 1.85. The van der Waals surface area contributed by atoms with Gasteiger partial charge in [0.2, 0.25) is 5.91 Å². The van der Waals surface area contributed by atoms with Gasteiger partial charge in [0.15, 0.2) is 0 Å². The first-order valence-corrected chi connectivity index (χ1v) is 6.16. The van der Waals surface area contributed by atoms with Crippen LogP contribution in [0.1, 0.15) is 24.1 Å². The maximum atomic E-state index is 11.9. The van der Waals surface area contributed by atoms with E-state index >= 15 is 0 Å². The smallest absolute Gasteiger partial charge is 0.224 e. The Bertz CT molecular complexity index is 386. The van der Waals surface area contributed by atoms with E-state index in [4.69, 9.17) is 0 Å². The Morgan fingerprint density at radius 1 is 1.65 bits per heavy atom. The SMILES string of the molecule is Cc1cccnc1CNC(=O)[C@@H]1CCCNC1. The predicted molar refractivity (Wildman–Crippen MR) is 66.4 cm³/mol. The van der Waals surface area contributed by atoms with Crippen LogP contribution >= 0.6 is 0 Å². The molecule has 1 aliphatic heterocycles. The summed E-state index contributed by atoms with van der Waals surface area (Å²) in [5, 5.41) is 6.22. The minimum atomic E-state index is 0.118. The van der Waals surface area contributed by atoms with Gasteiger partial charge in [-0.25, -0.2) is 0 Å². The lowest BCUT2D eigenvalue weighted by atomic mass is 9.99. The van der Waals surface area contributed by atoms with Crippen molar-refractivity contribution >= 4 is 5.91 Å². The second kappa shape index (κ2) is 5.77. The summed E-state index contributed by atoms with van der Waals surface area (Å²) in [6.45, 7) is 4.37. The molecular weight excluding hydrogens is 214 g/mol. The summed E-state index contributed by atoms with van der Waals surface area (Å²) in [6, 6.07) is 3.92. The number of amides is 1. The molecule has 2 N–H and O–H groups in total. The van der Waals surface area contributed by atoms with Gasteiger partial charge in [-0.2, -0.15) is 0 Å². The summed E-state index contributed by atoms with van der Waals surface area (Å²) in [6.07, 6.45) is 3.83. The molecule has 1 amide bonds. The van der Waals surface area contributed by atoms with Gasteiger partial charge >= 0.3 is 0 Å². The number of aryl methyl sites for hydroxylation is 1. The van der Waals surface area contributed by atoms with E-state index in [9.17, 15) is 4.79 Å². The molecule has 1 aromatic rings. The summed E-state index contributed by atoms with van der Waals surface area (Å²) in [7, 11) is 0. The molecule has 1 aromatic heterocycles. The van der Waals surface area contributed by atoms with E-state index < -0.39 is 0 Å². The molecular formula is C13H19N3O. The van der Waals surface area contributed by atoms with Crippen molar-refractivity contribution < 1.29 is 4.79 Å². The number of hydrogen-bond acceptors (Lipinski definition) is 3. The zero-order valence-electron chi connectivity index (χ0n) is 10.2. The zero-order chi connectivity index (χ0) is 12.1. The van der Waals surface area contributed by atoms with Crippen molar-refractivity contribution in [3.05, 3.63) is 29.6 Å². The molecule has 17 heavy (non-hydrogen) atoms. The van der Waals surface area contributed by atoms with E-state index in [0.29, 0.717) is 6.54 Å².